The molecule has 0 saturated heterocycles. The monoisotopic (exact) mass is 462 g/mol. The van der Waals surface area contributed by atoms with Crippen LogP contribution in [0, 0.1) is 10.1 Å². The predicted molar refractivity (Wildman–Crippen MR) is 108 cm³/mol. The molecule has 1 heterocycles. The summed E-state index contributed by atoms with van der Waals surface area (Å²) in [6.07, 6.45) is -0.173. The van der Waals surface area contributed by atoms with Crippen LogP contribution in [0.3, 0.4) is 0 Å². The van der Waals surface area contributed by atoms with Gasteiger partial charge in [0.05, 0.1) is 29.7 Å². The zero-order chi connectivity index (χ0) is 20.1. The fourth-order valence-corrected chi connectivity index (χ4v) is 3.73. The molecule has 1 aromatic heterocycles. The molecule has 0 spiro atoms. The molecule has 28 heavy (non-hydrogen) atoms. The van der Waals surface area contributed by atoms with Gasteiger partial charge in [0.15, 0.2) is 0 Å². The van der Waals surface area contributed by atoms with Gasteiger partial charge in [-0.3, -0.25) is 14.9 Å². The Morgan fingerprint density at radius 3 is 2.82 bits per heavy atom. The lowest BCUT2D eigenvalue weighted by atomic mass is 10.1. The van der Waals surface area contributed by atoms with E-state index in [4.69, 9.17) is 9.47 Å². The van der Waals surface area contributed by atoms with Gasteiger partial charge in [-0.1, -0.05) is 34.1 Å². The van der Waals surface area contributed by atoms with Crippen molar-refractivity contribution in [1.29, 1.82) is 0 Å². The number of thiazole rings is 1. The van der Waals surface area contributed by atoms with E-state index in [2.05, 4.69) is 20.9 Å². The molecule has 0 amide bonds. The second-order valence-electron chi connectivity index (χ2n) is 5.71. The van der Waals surface area contributed by atoms with E-state index in [1.54, 1.807) is 30.7 Å². The van der Waals surface area contributed by atoms with Crippen LogP contribution in [-0.4, -0.2) is 23.0 Å². The Morgan fingerprint density at radius 1 is 1.29 bits per heavy atom. The van der Waals surface area contributed by atoms with Gasteiger partial charge in [-0.15, -0.1) is 11.3 Å². The van der Waals surface area contributed by atoms with Gasteiger partial charge in [0.1, 0.15) is 17.4 Å². The Morgan fingerprint density at radius 2 is 2.07 bits per heavy atom. The molecule has 7 nitrogen and oxygen atoms in total. The number of aromatic nitrogens is 1. The van der Waals surface area contributed by atoms with E-state index in [0.717, 1.165) is 15.0 Å². The number of hydrogen-bond donors (Lipinski definition) is 0. The number of carbonyl (C=O) groups is 1. The van der Waals surface area contributed by atoms with Gasteiger partial charge in [0, 0.05) is 21.5 Å². The molecule has 0 aliphatic carbocycles. The standard InChI is InChI=1S/C19H15BrN2O5S/c1-26-17-7-6-13(20)9-15(17)19-21-14(11-28-19)10-27-18(23)8-12-4-2-3-5-16(12)22(24)25/h2-7,9,11H,8,10H2,1H3. The van der Waals surface area contributed by atoms with Crippen molar-refractivity contribution in [3.05, 3.63) is 73.7 Å². The molecule has 3 rings (SSSR count). The molecule has 9 heteroatoms. The van der Waals surface area contributed by atoms with Crippen molar-refractivity contribution in [3.63, 3.8) is 0 Å². The van der Waals surface area contributed by atoms with Crippen LogP contribution in [-0.2, 0) is 22.6 Å². The summed E-state index contributed by atoms with van der Waals surface area (Å²) in [5.74, 6) is 0.140. The highest BCUT2D eigenvalue weighted by atomic mass is 79.9. The summed E-state index contributed by atoms with van der Waals surface area (Å²) in [7, 11) is 1.59. The maximum Gasteiger partial charge on any atom is 0.310 e. The van der Waals surface area contributed by atoms with Crippen LogP contribution in [0.1, 0.15) is 11.3 Å². The third-order valence-corrected chi connectivity index (χ3v) is 5.27. The minimum Gasteiger partial charge on any atom is -0.496 e. The number of halogens is 1. The fourth-order valence-electron chi connectivity index (χ4n) is 2.54. The molecule has 0 fully saturated rings. The van der Waals surface area contributed by atoms with Crippen LogP contribution in [0.25, 0.3) is 10.6 Å². The van der Waals surface area contributed by atoms with Crippen LogP contribution in [0.15, 0.2) is 52.3 Å². The number of carbonyl (C=O) groups excluding carboxylic acids is 1. The summed E-state index contributed by atoms with van der Waals surface area (Å²) in [6, 6.07) is 11.7. The number of esters is 1. The minimum absolute atomic E-state index is 0.00766. The number of para-hydroxylation sites is 1. The molecule has 0 saturated carbocycles. The fraction of sp³-hybridized carbons (Fsp3) is 0.158. The van der Waals surface area contributed by atoms with E-state index in [0.29, 0.717) is 17.0 Å². The highest BCUT2D eigenvalue weighted by Crippen LogP contribution is 2.34. The third kappa shape index (κ3) is 4.73. The number of methoxy groups -OCH3 is 1. The van der Waals surface area contributed by atoms with Crippen LogP contribution >= 0.6 is 27.3 Å². The third-order valence-electron chi connectivity index (χ3n) is 3.85. The molecule has 3 aromatic rings. The van der Waals surface area contributed by atoms with Crippen molar-refractivity contribution in [2.45, 2.75) is 13.0 Å². The van der Waals surface area contributed by atoms with Gasteiger partial charge in [-0.05, 0) is 18.2 Å². The van der Waals surface area contributed by atoms with Crippen molar-refractivity contribution in [1.82, 2.24) is 4.98 Å². The molecule has 0 aliphatic rings. The number of nitro benzene ring substituents is 1. The Bertz CT molecular complexity index is 1020. The summed E-state index contributed by atoms with van der Waals surface area (Å²) in [6.45, 7) is -0.00766. The molecule has 0 unspecified atom stereocenters. The van der Waals surface area contributed by atoms with Gasteiger partial charge in [-0.25, -0.2) is 4.98 Å². The largest absolute Gasteiger partial charge is 0.496 e. The maximum atomic E-state index is 12.1. The molecule has 0 radical (unpaired) electrons. The number of nitro groups is 1. The smallest absolute Gasteiger partial charge is 0.310 e. The van der Waals surface area contributed by atoms with E-state index < -0.39 is 10.9 Å². The minimum atomic E-state index is -0.552. The Balaban J connectivity index is 1.66. The summed E-state index contributed by atoms with van der Waals surface area (Å²) >= 11 is 4.84. The number of ether oxygens (including phenoxy) is 2. The maximum absolute atomic E-state index is 12.1. The lowest BCUT2D eigenvalue weighted by Gasteiger charge is -2.06. The van der Waals surface area contributed by atoms with Gasteiger partial charge >= 0.3 is 5.97 Å². The van der Waals surface area contributed by atoms with Gasteiger partial charge in [0.25, 0.3) is 5.69 Å². The van der Waals surface area contributed by atoms with Crippen molar-refractivity contribution >= 4 is 38.9 Å². The van der Waals surface area contributed by atoms with Crippen LogP contribution in [0.5, 0.6) is 5.75 Å². The second kappa shape index (κ2) is 8.94. The van der Waals surface area contributed by atoms with Gasteiger partial charge in [0.2, 0.25) is 0 Å². The molecule has 0 bridgehead atoms. The van der Waals surface area contributed by atoms with Crippen molar-refractivity contribution < 1.29 is 19.2 Å². The van der Waals surface area contributed by atoms with E-state index in [1.165, 1.54) is 17.4 Å². The highest BCUT2D eigenvalue weighted by molar-refractivity contribution is 9.10. The first-order valence-corrected chi connectivity index (χ1v) is 9.81. The second-order valence-corrected chi connectivity index (χ2v) is 7.49. The zero-order valence-corrected chi connectivity index (χ0v) is 17.2. The number of benzene rings is 2. The van der Waals surface area contributed by atoms with Gasteiger partial charge < -0.3 is 9.47 Å². The van der Waals surface area contributed by atoms with E-state index in [-0.39, 0.29) is 18.7 Å². The quantitative estimate of drug-likeness (QED) is 0.285. The van der Waals surface area contributed by atoms with E-state index >= 15 is 0 Å². The predicted octanol–water partition coefficient (Wildman–Crippen LogP) is 4.78. The highest BCUT2D eigenvalue weighted by Gasteiger charge is 2.17. The topological polar surface area (TPSA) is 91.6 Å². The van der Waals surface area contributed by atoms with Crippen LogP contribution < -0.4 is 4.74 Å². The van der Waals surface area contributed by atoms with E-state index in [9.17, 15) is 14.9 Å². The molecule has 0 atom stereocenters. The normalized spacial score (nSPS) is 10.5. The van der Waals surface area contributed by atoms with Crippen molar-refractivity contribution in [2.75, 3.05) is 7.11 Å². The lowest BCUT2D eigenvalue weighted by molar-refractivity contribution is -0.385. The number of hydrogen-bond acceptors (Lipinski definition) is 7. The van der Waals surface area contributed by atoms with E-state index in [1.807, 2.05) is 18.2 Å². The summed E-state index contributed by atoms with van der Waals surface area (Å²) in [4.78, 5) is 27.1. The first kappa shape index (κ1) is 20.0. The molecular formula is C19H15BrN2O5S. The average Bonchev–Trinajstić information content (AvgIpc) is 3.15. The van der Waals surface area contributed by atoms with Crippen molar-refractivity contribution in [2.24, 2.45) is 0 Å². The van der Waals surface area contributed by atoms with Crippen LogP contribution in [0.2, 0.25) is 0 Å². The van der Waals surface area contributed by atoms with Gasteiger partial charge in [-0.2, -0.15) is 0 Å². The summed E-state index contributed by atoms with van der Waals surface area (Å²) in [5.41, 5.74) is 1.64. The number of rotatable bonds is 7. The summed E-state index contributed by atoms with van der Waals surface area (Å²) in [5, 5.41) is 13.6. The summed E-state index contributed by atoms with van der Waals surface area (Å²) < 4.78 is 11.5. The molecule has 0 aliphatic heterocycles. The number of nitrogens with zero attached hydrogens (tertiary/aromatic N) is 2. The zero-order valence-electron chi connectivity index (χ0n) is 14.8. The molecule has 2 aromatic carbocycles. The molecule has 144 valence electrons. The first-order chi connectivity index (χ1) is 13.5. The average molecular weight is 463 g/mol. The Hall–Kier alpha value is -2.78. The van der Waals surface area contributed by atoms with Crippen LogP contribution in [0.4, 0.5) is 5.69 Å². The molecule has 0 N–H and O–H groups in total. The lowest BCUT2D eigenvalue weighted by Crippen LogP contribution is -2.09. The SMILES string of the molecule is COc1ccc(Br)cc1-c1nc(COC(=O)Cc2ccccc2[N+](=O)[O-])cs1. The molecular weight excluding hydrogens is 448 g/mol. The Kier molecular flexibility index (Phi) is 6.37. The first-order valence-electron chi connectivity index (χ1n) is 8.14. The Labute approximate surface area is 173 Å². The van der Waals surface area contributed by atoms with Crippen molar-refractivity contribution in [3.8, 4) is 16.3 Å².